The van der Waals surface area contributed by atoms with Crippen LogP contribution in [0.15, 0.2) is 146 Å². The summed E-state index contributed by atoms with van der Waals surface area (Å²) in [7, 11) is 0. The van der Waals surface area contributed by atoms with Crippen LogP contribution in [0, 0.1) is 0 Å². The summed E-state index contributed by atoms with van der Waals surface area (Å²) in [5, 5.41) is 10.3. The molecule has 1 aliphatic carbocycles. The fourth-order valence-corrected chi connectivity index (χ4v) is 7.85. The summed E-state index contributed by atoms with van der Waals surface area (Å²) in [5.41, 5.74) is 10.7. The molecule has 43 heavy (non-hydrogen) atoms. The maximum absolute atomic E-state index is 2.47. The van der Waals surface area contributed by atoms with E-state index in [1.807, 2.05) is 0 Å². The third-order valence-electron chi connectivity index (χ3n) is 9.86. The van der Waals surface area contributed by atoms with Gasteiger partial charge in [0.25, 0.3) is 0 Å². The van der Waals surface area contributed by atoms with E-state index >= 15 is 0 Å². The largest absolute Gasteiger partial charge is 0.0619 e. The highest BCUT2D eigenvalue weighted by atomic mass is 14.4. The van der Waals surface area contributed by atoms with Crippen molar-refractivity contribution in [2.75, 3.05) is 0 Å². The molecule has 0 heteroatoms. The molecule has 8 aromatic carbocycles. The summed E-state index contributed by atoms with van der Waals surface area (Å²) in [6, 6.07) is 54.2. The van der Waals surface area contributed by atoms with Gasteiger partial charge >= 0.3 is 0 Å². The first kappa shape index (κ1) is 24.4. The molecule has 0 atom stereocenters. The summed E-state index contributed by atoms with van der Waals surface area (Å²) in [5.74, 6) is 0. The smallest absolute Gasteiger partial charge is 0.0159 e. The van der Waals surface area contributed by atoms with Crippen LogP contribution in [0.2, 0.25) is 0 Å². The Morgan fingerprint density at radius 1 is 0.349 bits per heavy atom. The SMILES string of the molecule is CC1(C)c2ccccc2-c2ccc(-c3c4ccccc4c(-c4cccc5c4ccc4ccccc45)c4ccccc34)cc21. The van der Waals surface area contributed by atoms with Crippen LogP contribution in [0.5, 0.6) is 0 Å². The Morgan fingerprint density at radius 3 is 1.65 bits per heavy atom. The molecule has 0 aromatic heterocycles. The van der Waals surface area contributed by atoms with Gasteiger partial charge in [-0.3, -0.25) is 0 Å². The predicted molar refractivity (Wildman–Crippen MR) is 185 cm³/mol. The molecule has 0 saturated carbocycles. The number of hydrogen-bond acceptors (Lipinski definition) is 0. The lowest BCUT2D eigenvalue weighted by molar-refractivity contribution is 0.660. The second-order valence-electron chi connectivity index (χ2n) is 12.5. The minimum atomic E-state index is -0.0424. The molecule has 0 nitrogen and oxygen atoms in total. The first-order valence-corrected chi connectivity index (χ1v) is 15.2. The normalized spacial score (nSPS) is 13.5. The van der Waals surface area contributed by atoms with Gasteiger partial charge in [-0.2, -0.15) is 0 Å². The summed E-state index contributed by atoms with van der Waals surface area (Å²) in [6.45, 7) is 4.73. The summed E-state index contributed by atoms with van der Waals surface area (Å²) in [4.78, 5) is 0. The average Bonchev–Trinajstić information content (AvgIpc) is 3.29. The molecular formula is C43H30. The van der Waals surface area contributed by atoms with Crippen LogP contribution in [0.1, 0.15) is 25.0 Å². The van der Waals surface area contributed by atoms with E-state index in [2.05, 4.69) is 159 Å². The third-order valence-corrected chi connectivity index (χ3v) is 9.86. The van der Waals surface area contributed by atoms with Crippen molar-refractivity contribution in [1.82, 2.24) is 0 Å². The molecule has 0 aliphatic heterocycles. The van der Waals surface area contributed by atoms with Gasteiger partial charge in [-0.1, -0.05) is 153 Å². The molecule has 9 rings (SSSR count). The van der Waals surface area contributed by atoms with E-state index in [-0.39, 0.29) is 5.41 Å². The van der Waals surface area contributed by atoms with Crippen molar-refractivity contribution < 1.29 is 0 Å². The van der Waals surface area contributed by atoms with Crippen LogP contribution in [-0.2, 0) is 5.41 Å². The molecule has 0 bridgehead atoms. The first-order chi connectivity index (χ1) is 21.1. The summed E-state index contributed by atoms with van der Waals surface area (Å²) >= 11 is 0. The Labute approximate surface area is 251 Å². The highest BCUT2D eigenvalue weighted by molar-refractivity contribution is 6.24. The van der Waals surface area contributed by atoms with Gasteiger partial charge in [-0.25, -0.2) is 0 Å². The van der Waals surface area contributed by atoms with E-state index in [0.717, 1.165) is 0 Å². The summed E-state index contributed by atoms with van der Waals surface area (Å²) < 4.78 is 0. The highest BCUT2D eigenvalue weighted by Gasteiger charge is 2.35. The minimum Gasteiger partial charge on any atom is -0.0619 e. The fourth-order valence-electron chi connectivity index (χ4n) is 7.85. The number of rotatable bonds is 2. The Hall–Kier alpha value is -5.20. The predicted octanol–water partition coefficient (Wildman–Crippen LogP) is 11.9. The Kier molecular flexibility index (Phi) is 5.05. The molecule has 0 fully saturated rings. The molecule has 0 amide bonds. The van der Waals surface area contributed by atoms with Crippen LogP contribution >= 0.6 is 0 Å². The molecule has 0 spiro atoms. The van der Waals surface area contributed by atoms with E-state index in [4.69, 9.17) is 0 Å². The maximum atomic E-state index is 2.47. The van der Waals surface area contributed by atoms with Crippen LogP contribution in [0.25, 0.3) is 76.5 Å². The molecule has 8 aromatic rings. The van der Waals surface area contributed by atoms with Crippen molar-refractivity contribution in [3.8, 4) is 33.4 Å². The Bertz CT molecular complexity index is 2360. The number of hydrogen-bond donors (Lipinski definition) is 0. The van der Waals surface area contributed by atoms with Gasteiger partial charge < -0.3 is 0 Å². The topological polar surface area (TPSA) is 0 Å². The number of benzene rings is 8. The first-order valence-electron chi connectivity index (χ1n) is 15.2. The van der Waals surface area contributed by atoms with E-state index < -0.39 is 0 Å². The van der Waals surface area contributed by atoms with Gasteiger partial charge in [0.2, 0.25) is 0 Å². The third kappa shape index (κ3) is 3.38. The molecular weight excluding hydrogens is 516 g/mol. The monoisotopic (exact) mass is 546 g/mol. The van der Waals surface area contributed by atoms with E-state index in [0.29, 0.717) is 0 Å². The fraction of sp³-hybridized carbons (Fsp3) is 0.0698. The van der Waals surface area contributed by atoms with Crippen LogP contribution in [0.4, 0.5) is 0 Å². The van der Waals surface area contributed by atoms with Crippen molar-refractivity contribution in [1.29, 1.82) is 0 Å². The quantitative estimate of drug-likeness (QED) is 0.149. The molecule has 202 valence electrons. The number of fused-ring (bicyclic) bond motifs is 8. The van der Waals surface area contributed by atoms with Crippen molar-refractivity contribution >= 4 is 43.1 Å². The van der Waals surface area contributed by atoms with Gasteiger partial charge in [-0.05, 0) is 93.7 Å². The maximum Gasteiger partial charge on any atom is 0.0159 e. The van der Waals surface area contributed by atoms with Gasteiger partial charge in [0.05, 0.1) is 0 Å². The van der Waals surface area contributed by atoms with E-state index in [1.54, 1.807) is 0 Å². The molecule has 0 N–H and O–H groups in total. The molecule has 1 aliphatic rings. The minimum absolute atomic E-state index is 0.0424. The Balaban J connectivity index is 1.37. The molecule has 0 unspecified atom stereocenters. The summed E-state index contributed by atoms with van der Waals surface area (Å²) in [6.07, 6.45) is 0. The van der Waals surface area contributed by atoms with Gasteiger partial charge in [0, 0.05) is 5.41 Å². The Morgan fingerprint density at radius 2 is 0.907 bits per heavy atom. The molecule has 0 radical (unpaired) electrons. The van der Waals surface area contributed by atoms with Crippen LogP contribution in [-0.4, -0.2) is 0 Å². The zero-order valence-corrected chi connectivity index (χ0v) is 24.4. The average molecular weight is 547 g/mol. The van der Waals surface area contributed by atoms with Crippen molar-refractivity contribution in [2.45, 2.75) is 19.3 Å². The van der Waals surface area contributed by atoms with Gasteiger partial charge in [0.1, 0.15) is 0 Å². The van der Waals surface area contributed by atoms with Gasteiger partial charge in [-0.15, -0.1) is 0 Å². The second kappa shape index (κ2) is 8.90. The lowest BCUT2D eigenvalue weighted by Crippen LogP contribution is -2.14. The molecule has 0 saturated heterocycles. The van der Waals surface area contributed by atoms with Crippen LogP contribution < -0.4 is 0 Å². The van der Waals surface area contributed by atoms with Crippen molar-refractivity contribution in [3.05, 3.63) is 157 Å². The standard InChI is InChI=1S/C43H30/c1-43(2)39-21-10-9-14-32(39)33-25-23-28(26-40(33)43)41-35-15-5-7-17-37(35)42(38-18-8-6-16-36(38)41)34-20-11-19-30-29-13-4-3-12-27(29)22-24-31(30)34/h3-26H,1-2H3. The lowest BCUT2D eigenvalue weighted by Gasteiger charge is -2.23. The van der Waals surface area contributed by atoms with Gasteiger partial charge in [0.15, 0.2) is 0 Å². The van der Waals surface area contributed by atoms with Crippen molar-refractivity contribution in [3.63, 3.8) is 0 Å². The zero-order valence-electron chi connectivity index (χ0n) is 24.4. The van der Waals surface area contributed by atoms with Crippen LogP contribution in [0.3, 0.4) is 0 Å². The van der Waals surface area contributed by atoms with Crippen molar-refractivity contribution in [2.24, 2.45) is 0 Å². The second-order valence-corrected chi connectivity index (χ2v) is 12.5. The molecule has 0 heterocycles. The zero-order chi connectivity index (χ0) is 28.7. The van der Waals surface area contributed by atoms with E-state index in [9.17, 15) is 0 Å². The van der Waals surface area contributed by atoms with E-state index in [1.165, 1.54) is 87.6 Å². The highest BCUT2D eigenvalue weighted by Crippen LogP contribution is 2.51. The lowest BCUT2D eigenvalue weighted by atomic mass is 9.80.